The SMILES string of the molecule is C/C(=N/Nc1ccc(C)c(Cl)c1)c1cccc(Cl)c1. The van der Waals surface area contributed by atoms with Gasteiger partial charge < -0.3 is 0 Å². The van der Waals surface area contributed by atoms with Gasteiger partial charge in [-0.15, -0.1) is 0 Å². The maximum atomic E-state index is 6.06. The summed E-state index contributed by atoms with van der Waals surface area (Å²) in [7, 11) is 0. The Bertz CT molecular complexity index is 621. The summed E-state index contributed by atoms with van der Waals surface area (Å²) in [5.41, 5.74) is 6.74. The first-order valence-electron chi connectivity index (χ1n) is 5.88. The molecule has 0 spiro atoms. The number of hydrogen-bond acceptors (Lipinski definition) is 2. The minimum absolute atomic E-state index is 0.699. The second-order valence-corrected chi connectivity index (χ2v) is 5.13. The van der Waals surface area contributed by atoms with Gasteiger partial charge in [0, 0.05) is 10.0 Å². The Morgan fingerprint density at radius 3 is 2.58 bits per heavy atom. The number of rotatable bonds is 3. The van der Waals surface area contributed by atoms with Gasteiger partial charge in [0.25, 0.3) is 0 Å². The maximum absolute atomic E-state index is 6.06. The first-order chi connectivity index (χ1) is 9.06. The lowest BCUT2D eigenvalue weighted by atomic mass is 10.1. The fourth-order valence-electron chi connectivity index (χ4n) is 1.59. The summed E-state index contributed by atoms with van der Waals surface area (Å²) in [4.78, 5) is 0. The standard InChI is InChI=1S/C15H14Cl2N2/c1-10-6-7-14(9-15(10)17)19-18-11(2)12-4-3-5-13(16)8-12/h3-9,19H,1-2H3/b18-11-. The molecule has 98 valence electrons. The molecule has 1 N–H and O–H groups in total. The summed E-state index contributed by atoms with van der Waals surface area (Å²) in [5, 5.41) is 5.75. The molecule has 0 atom stereocenters. The van der Waals surface area contributed by atoms with Crippen molar-refractivity contribution in [3.63, 3.8) is 0 Å². The molecule has 0 bridgehead atoms. The van der Waals surface area contributed by atoms with Crippen LogP contribution >= 0.6 is 23.2 Å². The quantitative estimate of drug-likeness (QED) is 0.615. The Morgan fingerprint density at radius 2 is 1.89 bits per heavy atom. The summed E-state index contributed by atoms with van der Waals surface area (Å²) in [5.74, 6) is 0. The van der Waals surface area contributed by atoms with Gasteiger partial charge in [-0.2, -0.15) is 5.10 Å². The lowest BCUT2D eigenvalue weighted by molar-refractivity contribution is 1.31. The van der Waals surface area contributed by atoms with E-state index in [9.17, 15) is 0 Å². The van der Waals surface area contributed by atoms with Crippen LogP contribution in [0.1, 0.15) is 18.1 Å². The van der Waals surface area contributed by atoms with E-state index in [1.165, 1.54) is 0 Å². The van der Waals surface area contributed by atoms with E-state index in [-0.39, 0.29) is 0 Å². The number of anilines is 1. The second-order valence-electron chi connectivity index (χ2n) is 4.28. The fraction of sp³-hybridized carbons (Fsp3) is 0.133. The Balaban J connectivity index is 2.15. The minimum Gasteiger partial charge on any atom is -0.278 e. The second kappa shape index (κ2) is 6.09. The molecule has 0 radical (unpaired) electrons. The molecule has 2 aromatic carbocycles. The Labute approximate surface area is 123 Å². The zero-order valence-electron chi connectivity index (χ0n) is 10.7. The summed E-state index contributed by atoms with van der Waals surface area (Å²) < 4.78 is 0. The van der Waals surface area contributed by atoms with E-state index in [0.29, 0.717) is 5.02 Å². The van der Waals surface area contributed by atoms with E-state index in [1.807, 2.05) is 56.3 Å². The van der Waals surface area contributed by atoms with Crippen molar-refractivity contribution in [2.75, 3.05) is 5.43 Å². The van der Waals surface area contributed by atoms with Gasteiger partial charge in [-0.1, -0.05) is 41.4 Å². The van der Waals surface area contributed by atoms with Gasteiger partial charge in [0.1, 0.15) is 0 Å². The molecule has 2 rings (SSSR count). The van der Waals surface area contributed by atoms with Crippen molar-refractivity contribution in [1.29, 1.82) is 0 Å². The molecule has 0 aromatic heterocycles. The first-order valence-corrected chi connectivity index (χ1v) is 6.64. The van der Waals surface area contributed by atoms with Crippen molar-refractivity contribution in [1.82, 2.24) is 0 Å². The minimum atomic E-state index is 0.699. The lowest BCUT2D eigenvalue weighted by Gasteiger charge is -2.05. The topological polar surface area (TPSA) is 24.4 Å². The van der Waals surface area contributed by atoms with Crippen molar-refractivity contribution in [2.45, 2.75) is 13.8 Å². The van der Waals surface area contributed by atoms with E-state index >= 15 is 0 Å². The molecule has 0 saturated heterocycles. The summed E-state index contributed by atoms with van der Waals surface area (Å²) in [6, 6.07) is 13.3. The number of benzene rings is 2. The van der Waals surface area contributed by atoms with Gasteiger partial charge in [-0.25, -0.2) is 0 Å². The van der Waals surface area contributed by atoms with Crippen LogP contribution in [-0.2, 0) is 0 Å². The van der Waals surface area contributed by atoms with E-state index in [1.54, 1.807) is 0 Å². The molecule has 2 nitrogen and oxygen atoms in total. The third-order valence-corrected chi connectivity index (χ3v) is 3.41. The van der Waals surface area contributed by atoms with Crippen LogP contribution < -0.4 is 5.43 Å². The van der Waals surface area contributed by atoms with Crippen LogP contribution in [0.5, 0.6) is 0 Å². The van der Waals surface area contributed by atoms with E-state index in [0.717, 1.165) is 27.5 Å². The highest BCUT2D eigenvalue weighted by Gasteiger charge is 2.00. The van der Waals surface area contributed by atoms with Gasteiger partial charge >= 0.3 is 0 Å². The number of nitrogens with zero attached hydrogens (tertiary/aromatic N) is 1. The summed E-state index contributed by atoms with van der Waals surface area (Å²) in [6.07, 6.45) is 0. The van der Waals surface area contributed by atoms with E-state index in [2.05, 4.69) is 10.5 Å². The normalized spacial score (nSPS) is 11.5. The molecule has 0 aliphatic heterocycles. The number of aryl methyl sites for hydroxylation is 1. The molecule has 0 unspecified atom stereocenters. The Morgan fingerprint density at radius 1 is 1.11 bits per heavy atom. The molecule has 0 heterocycles. The van der Waals surface area contributed by atoms with Crippen LogP contribution in [0.4, 0.5) is 5.69 Å². The van der Waals surface area contributed by atoms with Crippen LogP contribution in [0.25, 0.3) is 0 Å². The van der Waals surface area contributed by atoms with Gasteiger partial charge in [-0.3, -0.25) is 5.43 Å². The number of hydrazone groups is 1. The third-order valence-electron chi connectivity index (χ3n) is 2.77. The smallest absolute Gasteiger partial charge is 0.0649 e. The third kappa shape index (κ3) is 3.72. The zero-order valence-corrected chi connectivity index (χ0v) is 12.3. The van der Waals surface area contributed by atoms with Gasteiger partial charge in [0.05, 0.1) is 11.4 Å². The van der Waals surface area contributed by atoms with Crippen LogP contribution in [0.15, 0.2) is 47.6 Å². The molecule has 0 amide bonds. The summed E-state index contributed by atoms with van der Waals surface area (Å²) >= 11 is 12.0. The van der Waals surface area contributed by atoms with Crippen molar-refractivity contribution in [3.05, 3.63) is 63.6 Å². The van der Waals surface area contributed by atoms with Gasteiger partial charge in [-0.05, 0) is 49.2 Å². The van der Waals surface area contributed by atoms with Crippen LogP contribution in [0.2, 0.25) is 10.0 Å². The van der Waals surface area contributed by atoms with Crippen molar-refractivity contribution >= 4 is 34.6 Å². The van der Waals surface area contributed by atoms with Crippen LogP contribution in [0, 0.1) is 6.92 Å². The predicted molar refractivity (Wildman–Crippen MR) is 83.5 cm³/mol. The Kier molecular flexibility index (Phi) is 4.46. The number of hydrogen-bond donors (Lipinski definition) is 1. The molecular weight excluding hydrogens is 279 g/mol. The first kappa shape index (κ1) is 13.9. The molecule has 0 saturated carbocycles. The van der Waals surface area contributed by atoms with E-state index < -0.39 is 0 Å². The molecule has 2 aromatic rings. The molecule has 0 aliphatic carbocycles. The van der Waals surface area contributed by atoms with Crippen LogP contribution in [-0.4, -0.2) is 5.71 Å². The van der Waals surface area contributed by atoms with Gasteiger partial charge in [0.2, 0.25) is 0 Å². The largest absolute Gasteiger partial charge is 0.278 e. The molecule has 0 fully saturated rings. The van der Waals surface area contributed by atoms with Crippen molar-refractivity contribution in [2.24, 2.45) is 5.10 Å². The fourth-order valence-corrected chi connectivity index (χ4v) is 1.96. The highest BCUT2D eigenvalue weighted by molar-refractivity contribution is 6.31. The number of nitrogens with one attached hydrogen (secondary N) is 1. The highest BCUT2D eigenvalue weighted by atomic mass is 35.5. The van der Waals surface area contributed by atoms with E-state index in [4.69, 9.17) is 23.2 Å². The molecule has 4 heteroatoms. The molecular formula is C15H14Cl2N2. The average molecular weight is 293 g/mol. The Hall–Kier alpha value is -1.51. The maximum Gasteiger partial charge on any atom is 0.0649 e. The molecule has 0 aliphatic rings. The monoisotopic (exact) mass is 292 g/mol. The van der Waals surface area contributed by atoms with Crippen molar-refractivity contribution < 1.29 is 0 Å². The lowest BCUT2D eigenvalue weighted by Crippen LogP contribution is -1.99. The van der Waals surface area contributed by atoms with Crippen LogP contribution in [0.3, 0.4) is 0 Å². The average Bonchev–Trinajstić information content (AvgIpc) is 2.40. The predicted octanol–water partition coefficient (Wildman–Crippen LogP) is 5.14. The van der Waals surface area contributed by atoms with Gasteiger partial charge in [0.15, 0.2) is 0 Å². The number of halogens is 2. The van der Waals surface area contributed by atoms with Crippen molar-refractivity contribution in [3.8, 4) is 0 Å². The molecule has 19 heavy (non-hydrogen) atoms. The highest BCUT2D eigenvalue weighted by Crippen LogP contribution is 2.20. The zero-order chi connectivity index (χ0) is 13.8. The summed E-state index contributed by atoms with van der Waals surface area (Å²) in [6.45, 7) is 3.89.